The average molecular weight is 262 g/mol. The highest BCUT2D eigenvalue weighted by Crippen LogP contribution is 2.29. The minimum Gasteiger partial charge on any atom is -0.374 e. The Balaban J connectivity index is 1.75. The van der Waals surface area contributed by atoms with E-state index in [9.17, 15) is 0 Å². The van der Waals surface area contributed by atoms with Crippen LogP contribution in [0.3, 0.4) is 0 Å². The molecule has 0 aromatic heterocycles. The van der Waals surface area contributed by atoms with E-state index >= 15 is 0 Å². The fourth-order valence-corrected chi connectivity index (χ4v) is 2.71. The lowest BCUT2D eigenvalue weighted by molar-refractivity contribution is 0.0310. The van der Waals surface area contributed by atoms with Crippen molar-refractivity contribution in [2.75, 3.05) is 18.4 Å². The predicted octanol–water partition coefficient (Wildman–Crippen LogP) is 2.41. The van der Waals surface area contributed by atoms with Gasteiger partial charge in [-0.25, -0.2) is 0 Å². The van der Waals surface area contributed by atoms with Crippen molar-refractivity contribution in [3.8, 4) is 0 Å². The molecule has 3 heteroatoms. The second-order valence-corrected chi connectivity index (χ2v) is 5.35. The molecule has 0 spiro atoms. The van der Waals surface area contributed by atoms with Crippen LogP contribution in [0.25, 0.3) is 0 Å². The summed E-state index contributed by atoms with van der Waals surface area (Å²) in [5.41, 5.74) is 0. The molecule has 2 rings (SSSR count). The Kier molecular flexibility index (Phi) is 3.86. The molecule has 82 valence electrons. The highest BCUT2D eigenvalue weighted by Gasteiger charge is 2.32. The summed E-state index contributed by atoms with van der Waals surface area (Å²) >= 11 is 3.52. The van der Waals surface area contributed by atoms with Crippen LogP contribution in [-0.4, -0.2) is 41.6 Å². The minimum atomic E-state index is 0.491. The molecule has 1 aliphatic carbocycles. The molecule has 0 aromatic carbocycles. The third-order valence-electron chi connectivity index (χ3n) is 3.19. The van der Waals surface area contributed by atoms with E-state index in [0.717, 1.165) is 17.9 Å². The molecule has 0 bridgehead atoms. The lowest BCUT2D eigenvalue weighted by atomic mass is 10.2. The summed E-state index contributed by atoms with van der Waals surface area (Å²) in [5.74, 6) is 0. The number of nitrogens with zero attached hydrogens (tertiary/aromatic N) is 1. The molecule has 14 heavy (non-hydrogen) atoms. The Hall–Kier alpha value is 0.400. The molecule has 0 radical (unpaired) electrons. The molecule has 1 heterocycles. The number of rotatable bonds is 5. The van der Waals surface area contributed by atoms with Crippen LogP contribution >= 0.6 is 15.9 Å². The first-order valence-electron chi connectivity index (χ1n) is 5.75. The van der Waals surface area contributed by atoms with Gasteiger partial charge >= 0.3 is 0 Å². The predicted molar refractivity (Wildman–Crippen MR) is 62.0 cm³/mol. The molecule has 0 N–H and O–H groups in total. The second kappa shape index (κ2) is 4.95. The summed E-state index contributed by atoms with van der Waals surface area (Å²) in [5, 5.41) is 1.09. The van der Waals surface area contributed by atoms with E-state index in [2.05, 4.69) is 27.8 Å². The molecule has 1 aliphatic heterocycles. The first kappa shape index (κ1) is 10.9. The molecule has 2 unspecified atom stereocenters. The number of alkyl halides is 1. The van der Waals surface area contributed by atoms with E-state index in [1.165, 1.54) is 32.2 Å². The molecule has 0 aromatic rings. The maximum absolute atomic E-state index is 5.86. The van der Waals surface area contributed by atoms with E-state index in [0.29, 0.717) is 12.2 Å². The summed E-state index contributed by atoms with van der Waals surface area (Å²) in [6.45, 7) is 4.52. The van der Waals surface area contributed by atoms with Crippen molar-refractivity contribution >= 4 is 15.9 Å². The third kappa shape index (κ3) is 2.94. The number of ether oxygens (including phenoxy) is 1. The van der Waals surface area contributed by atoms with Crippen molar-refractivity contribution in [1.29, 1.82) is 0 Å². The Morgan fingerprint density at radius 1 is 1.29 bits per heavy atom. The molecule has 0 amide bonds. The fraction of sp³-hybridized carbons (Fsp3) is 1.00. The van der Waals surface area contributed by atoms with Gasteiger partial charge in [-0.3, -0.25) is 4.90 Å². The largest absolute Gasteiger partial charge is 0.374 e. The van der Waals surface area contributed by atoms with Crippen molar-refractivity contribution in [2.24, 2.45) is 0 Å². The van der Waals surface area contributed by atoms with Crippen LogP contribution < -0.4 is 0 Å². The first-order chi connectivity index (χ1) is 6.79. The van der Waals surface area contributed by atoms with Crippen molar-refractivity contribution < 1.29 is 4.74 Å². The Morgan fingerprint density at radius 3 is 2.57 bits per heavy atom. The average Bonchev–Trinajstić information content (AvgIpc) is 2.91. The van der Waals surface area contributed by atoms with Gasteiger partial charge in [-0.05, 0) is 32.6 Å². The molecule has 2 fully saturated rings. The van der Waals surface area contributed by atoms with Crippen molar-refractivity contribution in [1.82, 2.24) is 4.90 Å². The van der Waals surface area contributed by atoms with E-state index in [1.807, 2.05) is 0 Å². The van der Waals surface area contributed by atoms with Gasteiger partial charge in [0.2, 0.25) is 0 Å². The number of hydrogen-bond acceptors (Lipinski definition) is 2. The van der Waals surface area contributed by atoms with Gasteiger partial charge in [0, 0.05) is 24.5 Å². The van der Waals surface area contributed by atoms with Gasteiger partial charge in [0.15, 0.2) is 0 Å². The van der Waals surface area contributed by atoms with Crippen molar-refractivity contribution in [3.63, 3.8) is 0 Å². The Morgan fingerprint density at radius 2 is 2.07 bits per heavy atom. The first-order valence-corrected chi connectivity index (χ1v) is 6.87. The van der Waals surface area contributed by atoms with Gasteiger partial charge in [0.05, 0.1) is 12.2 Å². The molecule has 1 saturated carbocycles. The lowest BCUT2D eigenvalue weighted by Gasteiger charge is -2.24. The van der Waals surface area contributed by atoms with Crippen LogP contribution in [0.4, 0.5) is 0 Å². The Labute approximate surface area is 95.1 Å². The van der Waals surface area contributed by atoms with Gasteiger partial charge in [0.25, 0.3) is 0 Å². The van der Waals surface area contributed by atoms with E-state index in [4.69, 9.17) is 4.74 Å². The standard InChI is InChI=1S/C11H20BrNO/c1-9-2-5-11(14-9)8-13(7-6-12)10-3-4-10/h9-11H,2-8H2,1H3. The summed E-state index contributed by atoms with van der Waals surface area (Å²) in [4.78, 5) is 2.59. The summed E-state index contributed by atoms with van der Waals surface area (Å²) in [6, 6.07) is 0.868. The molecular weight excluding hydrogens is 242 g/mol. The molecular formula is C11H20BrNO. The van der Waals surface area contributed by atoms with Gasteiger partial charge in [-0.1, -0.05) is 15.9 Å². The zero-order chi connectivity index (χ0) is 9.97. The van der Waals surface area contributed by atoms with Crippen molar-refractivity contribution in [3.05, 3.63) is 0 Å². The van der Waals surface area contributed by atoms with Crippen LogP contribution in [0.15, 0.2) is 0 Å². The van der Waals surface area contributed by atoms with Gasteiger partial charge in [0.1, 0.15) is 0 Å². The van der Waals surface area contributed by atoms with E-state index in [1.54, 1.807) is 0 Å². The zero-order valence-electron chi connectivity index (χ0n) is 8.92. The highest BCUT2D eigenvalue weighted by molar-refractivity contribution is 9.09. The van der Waals surface area contributed by atoms with E-state index in [-0.39, 0.29) is 0 Å². The third-order valence-corrected chi connectivity index (χ3v) is 3.55. The van der Waals surface area contributed by atoms with Crippen molar-refractivity contribution in [2.45, 2.75) is 50.9 Å². The van der Waals surface area contributed by atoms with Crippen LogP contribution in [0.2, 0.25) is 0 Å². The van der Waals surface area contributed by atoms with Crippen LogP contribution in [0.5, 0.6) is 0 Å². The van der Waals surface area contributed by atoms with Crippen LogP contribution in [0.1, 0.15) is 32.6 Å². The fourth-order valence-electron chi connectivity index (χ4n) is 2.25. The quantitative estimate of drug-likeness (QED) is 0.705. The number of halogens is 1. The maximum atomic E-state index is 5.86. The number of hydrogen-bond donors (Lipinski definition) is 0. The van der Waals surface area contributed by atoms with Gasteiger partial charge < -0.3 is 4.74 Å². The maximum Gasteiger partial charge on any atom is 0.0706 e. The molecule has 2 aliphatic rings. The lowest BCUT2D eigenvalue weighted by Crippen LogP contribution is -2.35. The second-order valence-electron chi connectivity index (χ2n) is 4.56. The summed E-state index contributed by atoms with van der Waals surface area (Å²) < 4.78 is 5.86. The summed E-state index contributed by atoms with van der Waals surface area (Å²) in [7, 11) is 0. The van der Waals surface area contributed by atoms with Crippen LogP contribution in [0, 0.1) is 0 Å². The molecule has 2 nitrogen and oxygen atoms in total. The van der Waals surface area contributed by atoms with E-state index < -0.39 is 0 Å². The highest BCUT2D eigenvalue weighted by atomic mass is 79.9. The smallest absolute Gasteiger partial charge is 0.0706 e. The van der Waals surface area contributed by atoms with Crippen LogP contribution in [-0.2, 0) is 4.74 Å². The zero-order valence-corrected chi connectivity index (χ0v) is 10.5. The van der Waals surface area contributed by atoms with Gasteiger partial charge in [-0.15, -0.1) is 0 Å². The topological polar surface area (TPSA) is 12.5 Å². The molecule has 1 saturated heterocycles. The van der Waals surface area contributed by atoms with Gasteiger partial charge in [-0.2, -0.15) is 0 Å². The molecule has 2 atom stereocenters. The summed E-state index contributed by atoms with van der Waals surface area (Å²) in [6.07, 6.45) is 6.30. The Bertz CT molecular complexity index is 184. The minimum absolute atomic E-state index is 0.491. The normalized spacial score (nSPS) is 32.8. The SMILES string of the molecule is CC1CCC(CN(CCBr)C2CC2)O1. The monoisotopic (exact) mass is 261 g/mol.